The Morgan fingerprint density at radius 2 is 1.73 bits per heavy atom. The molecule has 124 valence electrons. The van der Waals surface area contributed by atoms with Gasteiger partial charge in [0.05, 0.1) is 11.7 Å². The first-order chi connectivity index (χ1) is 10.2. The molecule has 0 heterocycles. The van der Waals surface area contributed by atoms with Crippen LogP contribution in [0.2, 0.25) is 0 Å². The molecule has 5 nitrogen and oxygen atoms in total. The summed E-state index contributed by atoms with van der Waals surface area (Å²) in [7, 11) is -3.53. The Hall–Kier alpha value is -1.40. The average molecular weight is 327 g/mol. The van der Waals surface area contributed by atoms with Gasteiger partial charge >= 0.3 is 5.97 Å². The van der Waals surface area contributed by atoms with Crippen molar-refractivity contribution in [3.8, 4) is 0 Å². The van der Waals surface area contributed by atoms with E-state index in [0.29, 0.717) is 12.0 Å². The maximum absolute atomic E-state index is 12.1. The average Bonchev–Trinajstić information content (AvgIpc) is 2.43. The molecule has 0 spiro atoms. The molecule has 0 aliphatic heterocycles. The summed E-state index contributed by atoms with van der Waals surface area (Å²) < 4.78 is 26.5. The number of sulfonamides is 1. The lowest BCUT2D eigenvalue weighted by Crippen LogP contribution is -2.34. The number of hydrogen-bond donors (Lipinski definition) is 2. The van der Waals surface area contributed by atoms with E-state index in [4.69, 9.17) is 5.11 Å². The van der Waals surface area contributed by atoms with Crippen molar-refractivity contribution in [1.29, 1.82) is 0 Å². The van der Waals surface area contributed by atoms with Gasteiger partial charge in [-0.15, -0.1) is 0 Å². The molecule has 0 radical (unpaired) electrons. The number of carbonyl (C=O) groups is 1. The van der Waals surface area contributed by atoms with Crippen molar-refractivity contribution in [3.05, 3.63) is 35.4 Å². The molecule has 0 bridgehead atoms. The lowest BCUT2D eigenvalue weighted by Gasteiger charge is -2.15. The van der Waals surface area contributed by atoms with E-state index in [1.165, 1.54) is 0 Å². The minimum Gasteiger partial charge on any atom is -0.481 e. The summed E-state index contributed by atoms with van der Waals surface area (Å²) >= 11 is 0. The van der Waals surface area contributed by atoms with Crippen LogP contribution in [0, 0.1) is 11.8 Å². The van der Waals surface area contributed by atoms with E-state index < -0.39 is 21.9 Å². The molecule has 0 saturated heterocycles. The fraction of sp³-hybridized carbons (Fsp3) is 0.562. The molecular weight excluding hydrogens is 302 g/mol. The van der Waals surface area contributed by atoms with E-state index in [1.807, 2.05) is 32.9 Å². The number of hydrogen-bond acceptors (Lipinski definition) is 3. The molecule has 0 aliphatic carbocycles. The van der Waals surface area contributed by atoms with Crippen LogP contribution < -0.4 is 4.72 Å². The fourth-order valence-electron chi connectivity index (χ4n) is 2.21. The Morgan fingerprint density at radius 1 is 1.18 bits per heavy atom. The Labute approximate surface area is 132 Å². The number of aryl methyl sites for hydroxylation is 1. The molecular formula is C16H25NO4S. The largest absolute Gasteiger partial charge is 0.481 e. The number of aliphatic carboxylic acids is 1. The molecule has 22 heavy (non-hydrogen) atoms. The SMILES string of the molecule is CCc1ccc(CS(=O)(=O)NCC(CC(C)C)C(=O)O)cc1. The third-order valence-electron chi connectivity index (χ3n) is 3.44. The first-order valence-electron chi connectivity index (χ1n) is 7.51. The summed E-state index contributed by atoms with van der Waals surface area (Å²) in [5.41, 5.74) is 1.84. The molecule has 1 aromatic carbocycles. The summed E-state index contributed by atoms with van der Waals surface area (Å²) in [5, 5.41) is 9.13. The van der Waals surface area contributed by atoms with E-state index >= 15 is 0 Å². The molecule has 0 fully saturated rings. The van der Waals surface area contributed by atoms with E-state index in [9.17, 15) is 13.2 Å². The predicted octanol–water partition coefficient (Wildman–Crippen LogP) is 2.42. The highest BCUT2D eigenvalue weighted by Gasteiger charge is 2.21. The van der Waals surface area contributed by atoms with Crippen LogP contribution in [0.1, 0.15) is 38.3 Å². The maximum atomic E-state index is 12.1. The fourth-order valence-corrected chi connectivity index (χ4v) is 3.40. The topological polar surface area (TPSA) is 83.5 Å². The molecule has 6 heteroatoms. The quantitative estimate of drug-likeness (QED) is 0.729. The molecule has 0 aromatic heterocycles. The highest BCUT2D eigenvalue weighted by atomic mass is 32.2. The van der Waals surface area contributed by atoms with Crippen LogP contribution in [0.3, 0.4) is 0 Å². The van der Waals surface area contributed by atoms with Gasteiger partial charge in [0.25, 0.3) is 0 Å². The second-order valence-corrected chi connectivity index (χ2v) is 7.75. The molecule has 1 aromatic rings. The van der Waals surface area contributed by atoms with Crippen LogP contribution in [0.25, 0.3) is 0 Å². The molecule has 1 rings (SSSR count). The highest BCUT2D eigenvalue weighted by Crippen LogP contribution is 2.13. The Kier molecular flexibility index (Phi) is 7.03. The van der Waals surface area contributed by atoms with Gasteiger partial charge in [0.2, 0.25) is 10.0 Å². The number of benzene rings is 1. The molecule has 0 amide bonds. The van der Waals surface area contributed by atoms with Crippen molar-refractivity contribution in [2.24, 2.45) is 11.8 Å². The number of nitrogens with one attached hydrogen (secondary N) is 1. The summed E-state index contributed by atoms with van der Waals surface area (Å²) in [5.74, 6) is -1.60. The second-order valence-electron chi connectivity index (χ2n) is 5.94. The van der Waals surface area contributed by atoms with Crippen molar-refractivity contribution < 1.29 is 18.3 Å². The monoisotopic (exact) mass is 327 g/mol. The van der Waals surface area contributed by atoms with Crippen LogP contribution in [-0.4, -0.2) is 26.0 Å². The van der Waals surface area contributed by atoms with Crippen molar-refractivity contribution in [3.63, 3.8) is 0 Å². The lowest BCUT2D eigenvalue weighted by molar-refractivity contribution is -0.142. The van der Waals surface area contributed by atoms with Gasteiger partial charge in [0.15, 0.2) is 0 Å². The second kappa shape index (κ2) is 8.29. The Bertz CT molecular complexity index is 579. The van der Waals surface area contributed by atoms with Gasteiger partial charge in [0.1, 0.15) is 0 Å². The predicted molar refractivity (Wildman–Crippen MR) is 87.0 cm³/mol. The van der Waals surface area contributed by atoms with Crippen molar-refractivity contribution >= 4 is 16.0 Å². The van der Waals surface area contributed by atoms with Gasteiger partial charge in [0, 0.05) is 6.54 Å². The van der Waals surface area contributed by atoms with Gasteiger partial charge in [-0.05, 0) is 29.9 Å². The lowest BCUT2D eigenvalue weighted by atomic mass is 9.98. The molecule has 1 unspecified atom stereocenters. The zero-order chi connectivity index (χ0) is 16.8. The van der Waals surface area contributed by atoms with E-state index in [2.05, 4.69) is 4.72 Å². The third kappa shape index (κ3) is 6.58. The van der Waals surface area contributed by atoms with Gasteiger partial charge < -0.3 is 5.11 Å². The van der Waals surface area contributed by atoms with E-state index in [-0.39, 0.29) is 18.2 Å². The highest BCUT2D eigenvalue weighted by molar-refractivity contribution is 7.88. The zero-order valence-corrected chi connectivity index (χ0v) is 14.2. The first kappa shape index (κ1) is 18.6. The van der Waals surface area contributed by atoms with Crippen LogP contribution in [0.5, 0.6) is 0 Å². The minimum absolute atomic E-state index is 0.0666. The van der Waals surface area contributed by atoms with Crippen LogP contribution in [0.15, 0.2) is 24.3 Å². The molecule has 1 atom stereocenters. The van der Waals surface area contributed by atoms with Gasteiger partial charge in [-0.3, -0.25) is 4.79 Å². The van der Waals surface area contributed by atoms with Crippen molar-refractivity contribution in [2.75, 3.05) is 6.54 Å². The standard InChI is InChI=1S/C16H25NO4S/c1-4-13-5-7-14(8-6-13)11-22(20,21)17-10-15(16(18)19)9-12(2)3/h5-8,12,15,17H,4,9-11H2,1-3H3,(H,18,19). The van der Waals surface area contributed by atoms with E-state index in [1.54, 1.807) is 12.1 Å². The number of carboxylic acids is 1. The first-order valence-corrected chi connectivity index (χ1v) is 9.16. The number of rotatable bonds is 9. The Morgan fingerprint density at radius 3 is 2.18 bits per heavy atom. The number of carboxylic acid groups (broad SMARTS) is 1. The smallest absolute Gasteiger partial charge is 0.307 e. The molecule has 0 saturated carbocycles. The van der Waals surface area contributed by atoms with Crippen molar-refractivity contribution in [1.82, 2.24) is 4.72 Å². The molecule has 0 aliphatic rings. The van der Waals surface area contributed by atoms with E-state index in [0.717, 1.165) is 12.0 Å². The summed E-state index contributed by atoms with van der Waals surface area (Å²) in [6.45, 7) is 5.80. The minimum atomic E-state index is -3.53. The van der Waals surface area contributed by atoms with Crippen LogP contribution in [-0.2, 0) is 27.0 Å². The zero-order valence-electron chi connectivity index (χ0n) is 13.4. The van der Waals surface area contributed by atoms with Crippen molar-refractivity contribution in [2.45, 2.75) is 39.4 Å². The van der Waals surface area contributed by atoms with Crippen LogP contribution in [0.4, 0.5) is 0 Å². The third-order valence-corrected chi connectivity index (χ3v) is 4.76. The normalized spacial score (nSPS) is 13.3. The molecule has 2 N–H and O–H groups in total. The van der Waals surface area contributed by atoms with Gasteiger partial charge in [-0.25, -0.2) is 13.1 Å². The Balaban J connectivity index is 2.63. The van der Waals surface area contributed by atoms with Gasteiger partial charge in [-0.2, -0.15) is 0 Å². The summed E-state index contributed by atoms with van der Waals surface area (Å²) in [4.78, 5) is 11.1. The maximum Gasteiger partial charge on any atom is 0.307 e. The van der Waals surface area contributed by atoms with Gasteiger partial charge in [-0.1, -0.05) is 45.0 Å². The summed E-state index contributed by atoms with van der Waals surface area (Å²) in [6, 6.07) is 7.40. The summed E-state index contributed by atoms with van der Waals surface area (Å²) in [6.07, 6.45) is 1.35. The van der Waals surface area contributed by atoms with Crippen LogP contribution >= 0.6 is 0 Å².